The number of rotatable bonds is 21. The molecule has 0 spiro atoms. The molecular formula is C112H114Se4. The molecule has 116 heavy (non-hydrogen) atoms. The van der Waals surface area contributed by atoms with Crippen molar-refractivity contribution in [2.24, 2.45) is 0 Å². The standard InChI is InChI=1S/C112H114Se4/c1-67-35-23-36-68(2)101(67)89-51-31-52-90(102-69(3)37-24-38-70(102)4)97(89)63-83-59-87(111(17,18)19)60-84(64-98-91(103-71(5)39-25-40-72(103)6)53-32-54-92(98)104-73(7)41-26-42-74(104)8)109(83)113-115-116-114-110-85(65-99-93(105-75(9)43-27-44-76(105)10)55-33-56-94(99)106-77(11)45-28-46-78(106)12)61-88(112(20,21)22)62-86(110)66-100-95(107-79(13)47-29-48-80(107)14)57-34-58-96(100)108-81(15)49-30-50-82(108)16/h23-62H,63-66H2,1-22H3. The molecular weight excluding hydrogens is 1660 g/mol. The van der Waals surface area contributed by atoms with Crippen molar-refractivity contribution in [1.82, 2.24) is 0 Å². The summed E-state index contributed by atoms with van der Waals surface area (Å²) in [5, 5.41) is 0. The maximum absolute atomic E-state index is 2.71. The molecule has 0 aliphatic heterocycles. The molecule has 0 bridgehead atoms. The van der Waals surface area contributed by atoms with Crippen molar-refractivity contribution in [3.63, 3.8) is 0 Å². The van der Waals surface area contributed by atoms with E-state index in [0.717, 1.165) is 25.7 Å². The fourth-order valence-corrected chi connectivity index (χ4v) is 55.2. The summed E-state index contributed by atoms with van der Waals surface area (Å²) in [7, 11) is 0. The van der Waals surface area contributed by atoms with Gasteiger partial charge in [0.15, 0.2) is 0 Å². The van der Waals surface area contributed by atoms with E-state index in [-0.39, 0.29) is 59.7 Å². The number of hydrogen-bond donors (Lipinski definition) is 0. The van der Waals surface area contributed by atoms with Crippen molar-refractivity contribution in [1.29, 1.82) is 0 Å². The van der Waals surface area contributed by atoms with Crippen LogP contribution in [0, 0.1) is 111 Å². The first-order valence-electron chi connectivity index (χ1n) is 41.5. The molecule has 0 aliphatic carbocycles. The van der Waals surface area contributed by atoms with Gasteiger partial charge in [-0.15, -0.1) is 0 Å². The molecule has 0 atom stereocenters. The quantitative estimate of drug-likeness (QED) is 0.0497. The van der Waals surface area contributed by atoms with E-state index >= 15 is 0 Å². The summed E-state index contributed by atoms with van der Waals surface area (Å²) in [6, 6.07) is 95.0. The van der Waals surface area contributed by atoms with Crippen LogP contribution in [0.3, 0.4) is 0 Å². The third-order valence-electron chi connectivity index (χ3n) is 24.7. The van der Waals surface area contributed by atoms with Crippen molar-refractivity contribution < 1.29 is 0 Å². The fraction of sp³-hybridized carbons (Fsp3) is 0.250. The van der Waals surface area contributed by atoms with Gasteiger partial charge in [-0.3, -0.25) is 0 Å². The van der Waals surface area contributed by atoms with Crippen molar-refractivity contribution in [2.45, 2.75) is 189 Å². The van der Waals surface area contributed by atoms with Gasteiger partial charge in [-0.25, -0.2) is 0 Å². The molecule has 14 aromatic rings. The van der Waals surface area contributed by atoms with Gasteiger partial charge in [0.2, 0.25) is 0 Å². The topological polar surface area (TPSA) is 0 Å². The van der Waals surface area contributed by atoms with Gasteiger partial charge in [-0.05, 0) is 0 Å². The van der Waals surface area contributed by atoms with Crippen molar-refractivity contribution in [2.75, 3.05) is 0 Å². The SMILES string of the molecule is Cc1cccc(C)c1-c1cccc(-c2c(C)cccc2C)c1Cc1cc(C(C)(C)C)cc(Cc2c(-c3c(C)cccc3C)cccc2-c2c(C)cccc2C)c1[Se][Se][Se][Se]c1c(Cc2c(-c3c(C)cccc3C)cccc2-c2c(C)cccc2C)cc(C(C)(C)C)cc1Cc1c(-c2c(C)cccc2C)cccc1-c1c(C)cccc1C. The second-order valence-electron chi connectivity index (χ2n) is 35.2. The Hall–Kier alpha value is -8.84. The summed E-state index contributed by atoms with van der Waals surface area (Å²) >= 11 is 0.753. The molecule has 0 aliphatic rings. The van der Waals surface area contributed by atoms with Gasteiger partial charge >= 0.3 is 723 Å². The molecule has 0 nitrogen and oxygen atoms in total. The first kappa shape index (κ1) is 83.6. The van der Waals surface area contributed by atoms with Gasteiger partial charge in [0.25, 0.3) is 0 Å². The molecule has 0 N–H and O–H groups in total. The molecule has 14 aromatic carbocycles. The fourth-order valence-electron chi connectivity index (χ4n) is 18.9. The average Bonchev–Trinajstić information content (AvgIpc) is 0.758. The Morgan fingerprint density at radius 2 is 0.319 bits per heavy atom. The zero-order valence-electron chi connectivity index (χ0n) is 72.6. The van der Waals surface area contributed by atoms with Crippen molar-refractivity contribution >= 4 is 57.8 Å². The van der Waals surface area contributed by atoms with Gasteiger partial charge in [0.1, 0.15) is 0 Å². The van der Waals surface area contributed by atoms with Crippen LogP contribution in [0.4, 0.5) is 0 Å². The van der Waals surface area contributed by atoms with Gasteiger partial charge in [-0.1, -0.05) is 0 Å². The summed E-state index contributed by atoms with van der Waals surface area (Å²) in [5.74, 6) is 0. The third-order valence-corrected chi connectivity index (χ3v) is 60.9. The second-order valence-corrected chi connectivity index (χ2v) is 60.2. The van der Waals surface area contributed by atoms with Gasteiger partial charge in [-0.2, -0.15) is 0 Å². The predicted octanol–water partition coefficient (Wildman–Crippen LogP) is 27.4. The minimum absolute atomic E-state index is 0.106. The van der Waals surface area contributed by atoms with E-state index in [1.54, 1.807) is 8.92 Å². The monoisotopic (exact) mass is 1780 g/mol. The molecule has 0 radical (unpaired) electrons. The minimum atomic E-state index is -0.148. The van der Waals surface area contributed by atoms with E-state index in [1.807, 2.05) is 0 Å². The van der Waals surface area contributed by atoms with Crippen LogP contribution >= 0.6 is 0 Å². The first-order chi connectivity index (χ1) is 55.5. The average molecular weight is 1780 g/mol. The van der Waals surface area contributed by atoms with E-state index in [4.69, 9.17) is 0 Å². The molecule has 0 aromatic heterocycles. The molecule has 4 heteroatoms. The van der Waals surface area contributed by atoms with E-state index < -0.39 is 0 Å². The third kappa shape index (κ3) is 17.1. The molecule has 0 saturated carbocycles. The Balaban J connectivity index is 1.03. The molecule has 0 amide bonds. The van der Waals surface area contributed by atoms with Crippen molar-refractivity contribution in [3.05, 3.63) is 387 Å². The van der Waals surface area contributed by atoms with E-state index in [2.05, 4.69) is 395 Å². The Bertz CT molecular complexity index is 4950. The van der Waals surface area contributed by atoms with E-state index in [9.17, 15) is 0 Å². The van der Waals surface area contributed by atoms with Gasteiger partial charge < -0.3 is 0 Å². The van der Waals surface area contributed by atoms with Gasteiger partial charge in [0, 0.05) is 0 Å². The normalized spacial score (nSPS) is 11.8. The van der Waals surface area contributed by atoms with Crippen molar-refractivity contribution in [3.8, 4) is 89.0 Å². The summed E-state index contributed by atoms with van der Waals surface area (Å²) in [6.07, 6.45) is 3.24. The van der Waals surface area contributed by atoms with Crippen LogP contribution in [-0.2, 0) is 36.5 Å². The summed E-state index contributed by atoms with van der Waals surface area (Å²) in [6.45, 7) is 51.9. The van der Waals surface area contributed by atoms with Crippen LogP contribution in [0.5, 0.6) is 0 Å². The predicted molar refractivity (Wildman–Crippen MR) is 509 cm³/mol. The second kappa shape index (κ2) is 35.0. The van der Waals surface area contributed by atoms with E-state index in [0.29, 0.717) is 0 Å². The molecule has 14 rings (SSSR count). The molecule has 0 fully saturated rings. The summed E-state index contributed by atoms with van der Waals surface area (Å²) in [5.41, 5.74) is 56.7. The zero-order chi connectivity index (χ0) is 82.3. The number of hydrogen-bond acceptors (Lipinski definition) is 0. The van der Waals surface area contributed by atoms with Crippen LogP contribution in [0.15, 0.2) is 243 Å². The summed E-state index contributed by atoms with van der Waals surface area (Å²) < 4.78 is 3.20. The van der Waals surface area contributed by atoms with Gasteiger partial charge in [0.05, 0.1) is 0 Å². The Kier molecular flexibility index (Phi) is 25.2. The number of aryl methyl sites for hydroxylation is 16. The molecule has 0 heterocycles. The van der Waals surface area contributed by atoms with Crippen LogP contribution in [0.25, 0.3) is 89.0 Å². The van der Waals surface area contributed by atoms with E-state index in [1.165, 1.54) is 234 Å². The first-order valence-corrected chi connectivity index (χ1v) is 56.2. The van der Waals surface area contributed by atoms with Crippen LogP contribution in [-0.4, -0.2) is 48.9 Å². The molecule has 586 valence electrons. The van der Waals surface area contributed by atoms with Crippen LogP contribution in [0.1, 0.15) is 186 Å². The molecule has 0 saturated heterocycles. The van der Waals surface area contributed by atoms with Crippen LogP contribution in [0.2, 0.25) is 0 Å². The Morgan fingerprint density at radius 3 is 0.448 bits per heavy atom. The Morgan fingerprint density at radius 1 is 0.190 bits per heavy atom. The van der Waals surface area contributed by atoms with Crippen LogP contribution < -0.4 is 8.92 Å². The summed E-state index contributed by atoms with van der Waals surface area (Å²) in [4.78, 5) is 0. The maximum atomic E-state index is 2.71. The Labute approximate surface area is 716 Å². The zero-order valence-corrected chi connectivity index (χ0v) is 79.4. The number of benzene rings is 14. The molecule has 0 unspecified atom stereocenters.